The normalized spacial score (nSPS) is 54.3. The Labute approximate surface area is 172 Å². The molecule has 0 aromatic carbocycles. The van der Waals surface area contributed by atoms with E-state index in [-0.39, 0.29) is 40.7 Å². The van der Waals surface area contributed by atoms with Crippen LogP contribution in [0.5, 0.6) is 0 Å². The molecule has 5 rings (SSSR count). The Hall–Kier alpha value is -1.54. The summed E-state index contributed by atoms with van der Waals surface area (Å²) >= 11 is 0. The van der Waals surface area contributed by atoms with Crippen molar-refractivity contribution in [1.29, 1.82) is 0 Å². The molecule has 0 heterocycles. The maximum Gasteiger partial charge on any atom is 0.310 e. The van der Waals surface area contributed by atoms with E-state index in [0.29, 0.717) is 12.3 Å². The Morgan fingerprint density at radius 3 is 2.45 bits per heavy atom. The van der Waals surface area contributed by atoms with Crippen molar-refractivity contribution in [2.45, 2.75) is 76.9 Å². The summed E-state index contributed by atoms with van der Waals surface area (Å²) in [5, 5.41) is 10.6. The Kier molecular flexibility index (Phi) is 3.87. The zero-order valence-electron chi connectivity index (χ0n) is 17.7. The van der Waals surface area contributed by atoms with Crippen LogP contribution in [-0.2, 0) is 19.1 Å². The van der Waals surface area contributed by atoms with Crippen LogP contribution in [-0.4, -0.2) is 35.9 Å². The fourth-order valence-electron chi connectivity index (χ4n) is 9.24. The van der Waals surface area contributed by atoms with Gasteiger partial charge in [0.25, 0.3) is 0 Å². The molecule has 5 aliphatic rings. The van der Waals surface area contributed by atoms with Crippen LogP contribution >= 0.6 is 0 Å². The number of methoxy groups -OCH3 is 1. The largest absolute Gasteiger partial charge is 0.481 e. The molecule has 0 aromatic heterocycles. The second kappa shape index (κ2) is 5.78. The van der Waals surface area contributed by atoms with E-state index in [2.05, 4.69) is 12.8 Å². The van der Waals surface area contributed by atoms with Gasteiger partial charge >= 0.3 is 11.9 Å². The Balaban J connectivity index is 1.58. The molecule has 29 heavy (non-hydrogen) atoms. The van der Waals surface area contributed by atoms with Crippen LogP contribution in [0, 0.1) is 52.3 Å². The summed E-state index contributed by atoms with van der Waals surface area (Å²) in [6.45, 7) is 3.61. The van der Waals surface area contributed by atoms with Gasteiger partial charge in [0.1, 0.15) is 0 Å². The molecule has 1 spiro atoms. The van der Waals surface area contributed by atoms with E-state index in [9.17, 15) is 14.7 Å². The predicted molar refractivity (Wildman–Crippen MR) is 106 cm³/mol. The third-order valence-corrected chi connectivity index (χ3v) is 10.3. The lowest BCUT2D eigenvalue weighted by Gasteiger charge is -2.60. The number of hydrogen-bond donors (Lipinski definition) is 1. The lowest BCUT2D eigenvalue weighted by Crippen LogP contribution is -2.62. The van der Waals surface area contributed by atoms with Gasteiger partial charge in [-0.3, -0.25) is 9.59 Å². The van der Waals surface area contributed by atoms with E-state index in [1.165, 1.54) is 6.92 Å². The van der Waals surface area contributed by atoms with E-state index in [1.807, 2.05) is 0 Å². The average molecular weight is 401 g/mol. The van der Waals surface area contributed by atoms with E-state index < -0.39 is 17.0 Å². The van der Waals surface area contributed by atoms with E-state index in [1.54, 1.807) is 7.11 Å². The summed E-state index contributed by atoms with van der Waals surface area (Å²) in [6.07, 6.45) is 12.9. The fraction of sp³-hybridized carbons (Fsp3) is 0.833. The highest BCUT2D eigenvalue weighted by molar-refractivity contribution is 5.79. The molecule has 5 nitrogen and oxygen atoms in total. The summed E-state index contributed by atoms with van der Waals surface area (Å²) in [7, 11) is 1.75. The second-order valence-corrected chi connectivity index (χ2v) is 10.7. The number of carboxylic acids is 1. The number of carbonyl (C=O) groups is 2. The molecule has 0 saturated heterocycles. The summed E-state index contributed by atoms with van der Waals surface area (Å²) in [4.78, 5) is 24.7. The molecule has 0 amide bonds. The number of esters is 1. The maximum atomic E-state index is 12.8. The minimum atomic E-state index is -0.875. The van der Waals surface area contributed by atoms with Gasteiger partial charge in [0.15, 0.2) is 5.60 Å². The summed E-state index contributed by atoms with van der Waals surface area (Å²) in [5.74, 6) is 3.13. The third kappa shape index (κ3) is 1.98. The van der Waals surface area contributed by atoms with Crippen LogP contribution in [0.3, 0.4) is 0 Å². The quantitative estimate of drug-likeness (QED) is 0.578. The summed E-state index contributed by atoms with van der Waals surface area (Å²) in [6, 6.07) is 0. The topological polar surface area (TPSA) is 72.8 Å². The first kappa shape index (κ1) is 19.4. The van der Waals surface area contributed by atoms with Crippen LogP contribution in [0.15, 0.2) is 0 Å². The van der Waals surface area contributed by atoms with E-state index in [0.717, 1.165) is 44.9 Å². The van der Waals surface area contributed by atoms with Gasteiger partial charge in [0, 0.05) is 24.9 Å². The Bertz CT molecular complexity index is 815. The lowest BCUT2D eigenvalue weighted by molar-refractivity contribution is -0.202. The van der Waals surface area contributed by atoms with Crippen LogP contribution < -0.4 is 0 Å². The van der Waals surface area contributed by atoms with Crippen molar-refractivity contribution in [1.82, 2.24) is 0 Å². The van der Waals surface area contributed by atoms with E-state index >= 15 is 0 Å². The number of carbonyl (C=O) groups excluding carboxylic acids is 1. The maximum absolute atomic E-state index is 12.8. The molecule has 5 heteroatoms. The highest BCUT2D eigenvalue weighted by Crippen LogP contribution is 2.82. The highest BCUT2D eigenvalue weighted by Gasteiger charge is 2.82. The van der Waals surface area contributed by atoms with Gasteiger partial charge in [0.2, 0.25) is 0 Å². The van der Waals surface area contributed by atoms with Crippen LogP contribution in [0.2, 0.25) is 0 Å². The lowest BCUT2D eigenvalue weighted by atomic mass is 9.44. The van der Waals surface area contributed by atoms with Crippen LogP contribution in [0.25, 0.3) is 0 Å². The molecule has 9 unspecified atom stereocenters. The molecule has 5 fully saturated rings. The average Bonchev–Trinajstić information content (AvgIpc) is 3.18. The molecule has 9 atom stereocenters. The first-order valence-electron chi connectivity index (χ1n) is 11.2. The van der Waals surface area contributed by atoms with Crippen molar-refractivity contribution in [2.24, 2.45) is 39.9 Å². The molecule has 5 aliphatic carbocycles. The van der Waals surface area contributed by atoms with Crippen LogP contribution in [0.4, 0.5) is 0 Å². The Morgan fingerprint density at radius 1 is 1.14 bits per heavy atom. The van der Waals surface area contributed by atoms with Gasteiger partial charge in [0.05, 0.1) is 11.5 Å². The van der Waals surface area contributed by atoms with Gasteiger partial charge in [-0.2, -0.15) is 0 Å². The standard InChI is InChI=1S/C24H32O5/c1-5-22(29-14(2)25)10-8-17-16-12-19(28-4)24-13-15(24)6-11-23(24,20(26)27)18(16)7-9-21(17,22)3/h1,15-19H,6-13H2,2-4H3,(H,26,27). The molecular weight excluding hydrogens is 368 g/mol. The smallest absolute Gasteiger partial charge is 0.310 e. The minimum Gasteiger partial charge on any atom is -0.481 e. The molecule has 0 radical (unpaired) electrons. The first-order valence-corrected chi connectivity index (χ1v) is 11.2. The number of carboxylic acid groups (broad SMARTS) is 1. The number of aliphatic carboxylic acids is 1. The monoisotopic (exact) mass is 400 g/mol. The number of terminal acetylenes is 1. The third-order valence-electron chi connectivity index (χ3n) is 10.3. The first-order chi connectivity index (χ1) is 13.7. The second-order valence-electron chi connectivity index (χ2n) is 10.7. The SMILES string of the molecule is C#CC1(OC(C)=O)CCC2C3CC(OC)C45CC4CCC5(C(=O)O)C3CCC21C. The zero-order valence-corrected chi connectivity index (χ0v) is 17.7. The van der Waals surface area contributed by atoms with Crippen molar-refractivity contribution < 1.29 is 24.2 Å². The van der Waals surface area contributed by atoms with Crippen molar-refractivity contribution in [3.8, 4) is 12.3 Å². The number of ether oxygens (including phenoxy) is 2. The molecule has 0 aliphatic heterocycles. The molecular formula is C24H32O5. The van der Waals surface area contributed by atoms with Gasteiger partial charge in [-0.15, -0.1) is 6.42 Å². The van der Waals surface area contributed by atoms with Gasteiger partial charge in [-0.25, -0.2) is 0 Å². The number of fused-ring (bicyclic) bond motifs is 4. The molecule has 0 bridgehead atoms. The molecule has 1 N–H and O–H groups in total. The van der Waals surface area contributed by atoms with Crippen molar-refractivity contribution in [3.63, 3.8) is 0 Å². The molecule has 158 valence electrons. The van der Waals surface area contributed by atoms with Crippen LogP contribution in [0.1, 0.15) is 65.2 Å². The summed E-state index contributed by atoms with van der Waals surface area (Å²) in [5.41, 5.74) is -2.01. The fourth-order valence-corrected chi connectivity index (χ4v) is 9.24. The van der Waals surface area contributed by atoms with Crippen molar-refractivity contribution in [3.05, 3.63) is 0 Å². The predicted octanol–water partition coefficient (Wildman–Crippen LogP) is 3.65. The van der Waals surface area contributed by atoms with E-state index in [4.69, 9.17) is 15.9 Å². The van der Waals surface area contributed by atoms with Gasteiger partial charge in [-0.05, 0) is 75.0 Å². The molecule has 5 saturated carbocycles. The number of rotatable bonds is 3. The van der Waals surface area contributed by atoms with Crippen molar-refractivity contribution >= 4 is 11.9 Å². The number of hydrogen-bond acceptors (Lipinski definition) is 4. The summed E-state index contributed by atoms with van der Waals surface area (Å²) < 4.78 is 11.8. The molecule has 0 aromatic rings. The van der Waals surface area contributed by atoms with Crippen molar-refractivity contribution in [2.75, 3.05) is 7.11 Å². The highest BCUT2D eigenvalue weighted by atomic mass is 16.6. The Morgan fingerprint density at radius 2 is 1.86 bits per heavy atom. The van der Waals surface area contributed by atoms with Gasteiger partial charge < -0.3 is 14.6 Å². The zero-order chi connectivity index (χ0) is 20.8. The van der Waals surface area contributed by atoms with Gasteiger partial charge in [-0.1, -0.05) is 12.8 Å². The minimum absolute atomic E-state index is 0.00395.